The van der Waals surface area contributed by atoms with E-state index in [2.05, 4.69) is 71.6 Å². The van der Waals surface area contributed by atoms with Crippen molar-refractivity contribution in [2.45, 2.75) is 37.3 Å². The van der Waals surface area contributed by atoms with Gasteiger partial charge in [0.1, 0.15) is 0 Å². The first-order valence-electron chi connectivity index (χ1n) is 12.0. The summed E-state index contributed by atoms with van der Waals surface area (Å²) in [6, 6.07) is 25.3. The van der Waals surface area contributed by atoms with Crippen LogP contribution in [0.4, 0.5) is 0 Å². The van der Waals surface area contributed by atoms with Crippen molar-refractivity contribution in [1.82, 2.24) is 4.90 Å². The maximum absolute atomic E-state index is 5.93. The second kappa shape index (κ2) is 8.47. The van der Waals surface area contributed by atoms with Crippen LogP contribution in [0.5, 0.6) is 0 Å². The van der Waals surface area contributed by atoms with E-state index in [-0.39, 0.29) is 0 Å². The maximum atomic E-state index is 5.93. The third kappa shape index (κ3) is 3.40. The van der Waals surface area contributed by atoms with E-state index in [1.807, 2.05) is 0 Å². The van der Waals surface area contributed by atoms with Crippen LogP contribution in [0.3, 0.4) is 0 Å². The van der Waals surface area contributed by atoms with Crippen LogP contribution < -0.4 is 0 Å². The normalized spacial score (nSPS) is 22.6. The standard InChI is InChI=1S/C29H31NO2/c1-31-16-14-30(19-21-7-6-15-32-21)18-20-12-13-26-27(17-20)29-24-10-4-2-8-22(24)28(26)23-9-3-5-11-25(23)29/h2-5,8-13,17,21,28-29H,6-7,14-16,18-19H2,1H3. The van der Waals surface area contributed by atoms with Crippen molar-refractivity contribution < 1.29 is 9.47 Å². The molecule has 0 radical (unpaired) electrons. The van der Waals surface area contributed by atoms with Crippen molar-refractivity contribution in [3.63, 3.8) is 0 Å². The summed E-state index contributed by atoms with van der Waals surface area (Å²) in [6.07, 6.45) is 2.72. The molecule has 3 heteroatoms. The Balaban J connectivity index is 1.34. The van der Waals surface area contributed by atoms with Crippen molar-refractivity contribution in [3.05, 3.63) is 106 Å². The Morgan fingerprint density at radius 3 is 2.06 bits per heavy atom. The van der Waals surface area contributed by atoms with Crippen LogP contribution in [0.25, 0.3) is 0 Å². The van der Waals surface area contributed by atoms with Gasteiger partial charge in [-0.3, -0.25) is 4.90 Å². The molecule has 3 aliphatic carbocycles. The summed E-state index contributed by atoms with van der Waals surface area (Å²) in [5.41, 5.74) is 10.3. The SMILES string of the molecule is COCCN(Cc1ccc2c(c1)C1c3ccccc3C2c2ccccc21)CC1CCCO1. The highest BCUT2D eigenvalue weighted by Gasteiger charge is 2.40. The molecule has 0 aromatic heterocycles. The maximum Gasteiger partial charge on any atom is 0.0702 e. The minimum atomic E-state index is 0.341. The molecule has 0 saturated carbocycles. The predicted molar refractivity (Wildman–Crippen MR) is 127 cm³/mol. The van der Waals surface area contributed by atoms with Crippen LogP contribution >= 0.6 is 0 Å². The van der Waals surface area contributed by atoms with Crippen LogP contribution in [0.15, 0.2) is 66.7 Å². The Hall–Kier alpha value is -2.46. The van der Waals surface area contributed by atoms with Crippen LogP contribution in [-0.2, 0) is 16.0 Å². The van der Waals surface area contributed by atoms with Gasteiger partial charge in [0.15, 0.2) is 0 Å². The first-order chi connectivity index (χ1) is 15.8. The third-order valence-corrected chi connectivity index (χ3v) is 7.51. The molecule has 1 saturated heterocycles. The molecule has 1 heterocycles. The second-order valence-electron chi connectivity index (χ2n) is 9.45. The van der Waals surface area contributed by atoms with Crippen molar-refractivity contribution >= 4 is 0 Å². The average Bonchev–Trinajstić information content (AvgIpc) is 3.35. The number of rotatable bonds is 7. The summed E-state index contributed by atoms with van der Waals surface area (Å²) in [5.74, 6) is 0.695. The molecule has 1 atom stereocenters. The lowest BCUT2D eigenvalue weighted by atomic mass is 9.61. The summed E-state index contributed by atoms with van der Waals surface area (Å²) in [6.45, 7) is 4.52. The van der Waals surface area contributed by atoms with E-state index in [1.165, 1.54) is 51.8 Å². The monoisotopic (exact) mass is 425 g/mol. The van der Waals surface area contributed by atoms with Gasteiger partial charge in [0.2, 0.25) is 0 Å². The summed E-state index contributed by atoms with van der Waals surface area (Å²) in [5, 5.41) is 0. The minimum absolute atomic E-state index is 0.341. The van der Waals surface area contributed by atoms with E-state index in [1.54, 1.807) is 7.11 Å². The van der Waals surface area contributed by atoms with Gasteiger partial charge in [0.25, 0.3) is 0 Å². The van der Waals surface area contributed by atoms with Gasteiger partial charge in [-0.2, -0.15) is 0 Å². The highest BCUT2D eigenvalue weighted by Crippen LogP contribution is 2.55. The zero-order chi connectivity index (χ0) is 21.5. The summed E-state index contributed by atoms with van der Waals surface area (Å²) in [7, 11) is 1.79. The summed E-state index contributed by atoms with van der Waals surface area (Å²) < 4.78 is 11.3. The van der Waals surface area contributed by atoms with E-state index in [0.29, 0.717) is 17.9 Å². The lowest BCUT2D eigenvalue weighted by molar-refractivity contribution is 0.0588. The quantitative estimate of drug-likeness (QED) is 0.353. The van der Waals surface area contributed by atoms with Gasteiger partial charge in [-0.25, -0.2) is 0 Å². The molecule has 1 fully saturated rings. The molecule has 3 aromatic carbocycles. The largest absolute Gasteiger partial charge is 0.383 e. The molecule has 7 rings (SSSR count). The first-order valence-corrected chi connectivity index (χ1v) is 12.0. The minimum Gasteiger partial charge on any atom is -0.383 e. The average molecular weight is 426 g/mol. The van der Waals surface area contributed by atoms with E-state index in [4.69, 9.17) is 9.47 Å². The zero-order valence-electron chi connectivity index (χ0n) is 18.8. The number of nitrogens with zero attached hydrogens (tertiary/aromatic N) is 1. The van der Waals surface area contributed by atoms with Gasteiger partial charge in [-0.15, -0.1) is 0 Å². The Kier molecular flexibility index (Phi) is 5.34. The van der Waals surface area contributed by atoms with Gasteiger partial charge in [-0.05, 0) is 51.8 Å². The molecule has 0 amide bonds. The van der Waals surface area contributed by atoms with E-state index >= 15 is 0 Å². The fourth-order valence-electron chi connectivity index (χ4n) is 6.10. The molecular formula is C29H31NO2. The molecular weight excluding hydrogens is 394 g/mol. The van der Waals surface area contributed by atoms with Crippen molar-refractivity contribution in [2.75, 3.05) is 33.4 Å². The highest BCUT2D eigenvalue weighted by atomic mass is 16.5. The number of benzene rings is 3. The van der Waals surface area contributed by atoms with E-state index < -0.39 is 0 Å². The van der Waals surface area contributed by atoms with E-state index in [9.17, 15) is 0 Å². The van der Waals surface area contributed by atoms with Crippen molar-refractivity contribution in [1.29, 1.82) is 0 Å². The topological polar surface area (TPSA) is 21.7 Å². The van der Waals surface area contributed by atoms with Gasteiger partial charge >= 0.3 is 0 Å². The lowest BCUT2D eigenvalue weighted by Crippen LogP contribution is -2.34. The molecule has 0 spiro atoms. The molecule has 4 aliphatic rings. The summed E-state index contributed by atoms with van der Waals surface area (Å²) >= 11 is 0. The molecule has 0 N–H and O–H groups in total. The van der Waals surface area contributed by atoms with Gasteiger partial charge in [0.05, 0.1) is 12.7 Å². The van der Waals surface area contributed by atoms with Gasteiger partial charge in [0, 0.05) is 45.2 Å². The first kappa shape index (κ1) is 20.2. The lowest BCUT2D eigenvalue weighted by Gasteiger charge is -2.42. The van der Waals surface area contributed by atoms with E-state index in [0.717, 1.165) is 32.8 Å². The van der Waals surface area contributed by atoms with Crippen LogP contribution in [0.1, 0.15) is 63.6 Å². The summed E-state index contributed by atoms with van der Waals surface area (Å²) in [4.78, 5) is 2.50. The van der Waals surface area contributed by atoms with Crippen molar-refractivity contribution in [3.8, 4) is 0 Å². The molecule has 3 nitrogen and oxygen atoms in total. The highest BCUT2D eigenvalue weighted by molar-refractivity contribution is 5.68. The van der Waals surface area contributed by atoms with Gasteiger partial charge in [-0.1, -0.05) is 66.7 Å². The Bertz CT molecular complexity index is 1070. The number of hydrogen-bond acceptors (Lipinski definition) is 3. The third-order valence-electron chi connectivity index (χ3n) is 7.51. The molecule has 3 aromatic rings. The molecule has 2 bridgehead atoms. The van der Waals surface area contributed by atoms with Crippen LogP contribution in [0.2, 0.25) is 0 Å². The second-order valence-corrected chi connectivity index (χ2v) is 9.45. The Labute approximate surface area is 191 Å². The van der Waals surface area contributed by atoms with Crippen LogP contribution in [-0.4, -0.2) is 44.4 Å². The number of methoxy groups -OCH3 is 1. The zero-order valence-corrected chi connectivity index (χ0v) is 18.8. The fraction of sp³-hybridized carbons (Fsp3) is 0.379. The number of hydrogen-bond donors (Lipinski definition) is 0. The van der Waals surface area contributed by atoms with Crippen molar-refractivity contribution in [2.24, 2.45) is 0 Å². The molecule has 1 unspecified atom stereocenters. The van der Waals surface area contributed by atoms with Crippen LogP contribution in [0, 0.1) is 0 Å². The predicted octanol–water partition coefficient (Wildman–Crippen LogP) is 5.30. The molecule has 1 aliphatic heterocycles. The molecule has 32 heavy (non-hydrogen) atoms. The fourth-order valence-corrected chi connectivity index (χ4v) is 6.10. The smallest absolute Gasteiger partial charge is 0.0702 e. The van der Waals surface area contributed by atoms with Gasteiger partial charge < -0.3 is 9.47 Å². The Morgan fingerprint density at radius 2 is 1.47 bits per heavy atom. The molecule has 164 valence electrons. The number of ether oxygens (including phenoxy) is 2. The Morgan fingerprint density at radius 1 is 0.844 bits per heavy atom.